The van der Waals surface area contributed by atoms with Crippen LogP contribution in [-0.4, -0.2) is 91.2 Å². The minimum absolute atomic E-state index is 0.0306. The van der Waals surface area contributed by atoms with Crippen LogP contribution >= 0.6 is 0 Å². The molecule has 0 aliphatic carbocycles. The van der Waals surface area contributed by atoms with Gasteiger partial charge in [-0.2, -0.15) is 0 Å². The molecule has 2 aliphatic rings. The molecule has 0 atom stereocenters. The average molecular weight is 467 g/mol. The Morgan fingerprint density at radius 3 is 2.26 bits per heavy atom. The highest BCUT2D eigenvalue weighted by molar-refractivity contribution is 6.04. The summed E-state index contributed by atoms with van der Waals surface area (Å²) in [4.78, 5) is 34.9. The lowest BCUT2D eigenvalue weighted by atomic mass is 10.0. The number of anilines is 1. The summed E-state index contributed by atoms with van der Waals surface area (Å²) in [6, 6.07) is 14.3. The third-order valence-corrected chi connectivity index (χ3v) is 6.84. The van der Waals surface area contributed by atoms with Crippen molar-refractivity contribution in [3.05, 3.63) is 42.5 Å². The third-order valence-electron chi connectivity index (χ3n) is 6.84. The van der Waals surface area contributed by atoms with Gasteiger partial charge in [-0.3, -0.25) is 14.6 Å². The van der Waals surface area contributed by atoms with E-state index in [0.29, 0.717) is 24.8 Å². The quantitative estimate of drug-likeness (QED) is 0.686. The molecule has 7 heteroatoms. The number of carbonyl (C=O) groups is 2. The third kappa shape index (κ3) is 5.88. The smallest absolute Gasteiger partial charge is 0.415 e. The zero-order chi connectivity index (χ0) is 24.3. The Hall–Kier alpha value is -2.64. The number of likely N-dealkylation sites (tertiary alicyclic amines) is 1. The monoisotopic (exact) mass is 466 g/mol. The molecule has 0 radical (unpaired) electrons. The van der Waals surface area contributed by atoms with Crippen LogP contribution in [0.15, 0.2) is 42.5 Å². The second kappa shape index (κ2) is 10.3. The summed E-state index contributed by atoms with van der Waals surface area (Å²) < 4.78 is 5.70. The molecule has 2 amide bonds. The van der Waals surface area contributed by atoms with E-state index in [-0.39, 0.29) is 12.5 Å². The number of ether oxygens (including phenoxy) is 1. The molecule has 0 saturated carbocycles. The zero-order valence-corrected chi connectivity index (χ0v) is 21.0. The molecule has 2 fully saturated rings. The molecule has 34 heavy (non-hydrogen) atoms. The Labute approximate surface area is 203 Å². The molecule has 7 nitrogen and oxygen atoms in total. The minimum atomic E-state index is -0.650. The van der Waals surface area contributed by atoms with E-state index < -0.39 is 11.7 Å². The van der Waals surface area contributed by atoms with Crippen LogP contribution in [0.1, 0.15) is 33.6 Å². The lowest BCUT2D eigenvalue weighted by Gasteiger charge is -2.42. The van der Waals surface area contributed by atoms with Crippen molar-refractivity contribution in [2.75, 3.05) is 57.8 Å². The lowest BCUT2D eigenvalue weighted by molar-refractivity contribution is -0.132. The van der Waals surface area contributed by atoms with Crippen LogP contribution in [0.4, 0.5) is 10.5 Å². The molecule has 0 N–H and O–H groups in total. The summed E-state index contributed by atoms with van der Waals surface area (Å²) in [5, 5.41) is 1.95. The van der Waals surface area contributed by atoms with Crippen molar-refractivity contribution >= 4 is 28.5 Å². The van der Waals surface area contributed by atoms with E-state index >= 15 is 0 Å². The van der Waals surface area contributed by atoms with Crippen molar-refractivity contribution in [3.8, 4) is 0 Å². The number of rotatable bonds is 4. The Kier molecular flexibility index (Phi) is 7.43. The Balaban J connectivity index is 1.47. The Morgan fingerprint density at radius 2 is 1.59 bits per heavy atom. The van der Waals surface area contributed by atoms with Crippen LogP contribution in [0, 0.1) is 0 Å². The predicted molar refractivity (Wildman–Crippen MR) is 136 cm³/mol. The molecular weight excluding hydrogens is 428 g/mol. The number of hydrogen-bond donors (Lipinski definition) is 0. The van der Waals surface area contributed by atoms with Gasteiger partial charge in [-0.15, -0.1) is 0 Å². The second-order valence-corrected chi connectivity index (χ2v) is 10.5. The normalized spacial score (nSPS) is 18.8. The first-order valence-corrected chi connectivity index (χ1v) is 12.4. The van der Waals surface area contributed by atoms with Crippen molar-refractivity contribution < 1.29 is 14.3 Å². The van der Waals surface area contributed by atoms with Gasteiger partial charge in [-0.25, -0.2) is 4.79 Å². The van der Waals surface area contributed by atoms with Crippen LogP contribution in [-0.2, 0) is 9.53 Å². The SMILES string of the molecule is CN1CCC(N2CCN(C(=O)CN(C(=O)OC(C)(C)C)c3cccc4ccccc34)CC2)CC1. The van der Waals surface area contributed by atoms with Crippen molar-refractivity contribution in [3.63, 3.8) is 0 Å². The fourth-order valence-electron chi connectivity index (χ4n) is 4.94. The summed E-state index contributed by atoms with van der Waals surface area (Å²) in [6.45, 7) is 11.0. The fraction of sp³-hybridized carbons (Fsp3) is 0.556. The highest BCUT2D eigenvalue weighted by Crippen LogP contribution is 2.28. The molecule has 0 unspecified atom stereocenters. The van der Waals surface area contributed by atoms with Gasteiger partial charge in [0.1, 0.15) is 12.1 Å². The van der Waals surface area contributed by atoms with Crippen LogP contribution in [0.25, 0.3) is 10.8 Å². The summed E-state index contributed by atoms with van der Waals surface area (Å²) >= 11 is 0. The van der Waals surface area contributed by atoms with Crippen molar-refractivity contribution in [1.29, 1.82) is 0 Å². The van der Waals surface area contributed by atoms with Gasteiger partial charge >= 0.3 is 6.09 Å². The first-order chi connectivity index (χ1) is 16.2. The lowest BCUT2D eigenvalue weighted by Crippen LogP contribution is -2.55. The van der Waals surface area contributed by atoms with Crippen LogP contribution in [0.5, 0.6) is 0 Å². The molecule has 2 heterocycles. The van der Waals surface area contributed by atoms with Gasteiger partial charge in [0.25, 0.3) is 0 Å². The van der Waals surface area contributed by atoms with E-state index in [0.717, 1.165) is 37.0 Å². The van der Waals surface area contributed by atoms with Crippen molar-refractivity contribution in [1.82, 2.24) is 14.7 Å². The minimum Gasteiger partial charge on any atom is -0.443 e. The summed E-state index contributed by atoms with van der Waals surface area (Å²) in [6.07, 6.45) is 1.89. The second-order valence-electron chi connectivity index (χ2n) is 10.5. The standard InChI is InChI=1S/C27H38N4O3/c1-27(2,3)34-26(33)31(24-11-7-9-21-8-5-6-10-23(21)24)20-25(32)30-18-16-29(17-19-30)22-12-14-28(4)15-13-22/h5-11,22H,12-20H2,1-4H3. The van der Waals surface area contributed by atoms with Gasteiger partial charge in [0.2, 0.25) is 5.91 Å². The molecule has 2 aromatic carbocycles. The number of nitrogens with zero attached hydrogens (tertiary/aromatic N) is 4. The Bertz CT molecular complexity index is 997. The van der Waals surface area contributed by atoms with Gasteiger partial charge in [0.05, 0.1) is 5.69 Å². The largest absolute Gasteiger partial charge is 0.443 e. The number of piperidine rings is 1. The van der Waals surface area contributed by atoms with Gasteiger partial charge in [-0.1, -0.05) is 36.4 Å². The van der Waals surface area contributed by atoms with E-state index in [1.54, 1.807) is 0 Å². The van der Waals surface area contributed by atoms with Gasteiger partial charge in [0.15, 0.2) is 0 Å². The average Bonchev–Trinajstić information content (AvgIpc) is 2.81. The molecule has 2 saturated heterocycles. The van der Waals surface area contributed by atoms with Gasteiger partial charge in [0, 0.05) is 37.6 Å². The van der Waals surface area contributed by atoms with E-state index in [2.05, 4.69) is 16.8 Å². The van der Waals surface area contributed by atoms with Crippen LogP contribution in [0.2, 0.25) is 0 Å². The van der Waals surface area contributed by atoms with Gasteiger partial charge < -0.3 is 14.5 Å². The predicted octanol–water partition coefficient (Wildman–Crippen LogP) is 3.82. The molecule has 0 spiro atoms. The van der Waals surface area contributed by atoms with E-state index in [1.165, 1.54) is 17.7 Å². The van der Waals surface area contributed by atoms with Crippen molar-refractivity contribution in [2.24, 2.45) is 0 Å². The first-order valence-electron chi connectivity index (χ1n) is 12.4. The van der Waals surface area contributed by atoms with Crippen LogP contribution < -0.4 is 4.90 Å². The molecule has 0 bridgehead atoms. The molecular formula is C27H38N4O3. The number of carbonyl (C=O) groups excluding carboxylic acids is 2. The van der Waals surface area contributed by atoms with E-state index in [4.69, 9.17) is 4.74 Å². The highest BCUT2D eigenvalue weighted by atomic mass is 16.6. The fourth-order valence-corrected chi connectivity index (χ4v) is 4.94. The number of fused-ring (bicyclic) bond motifs is 1. The van der Waals surface area contributed by atoms with E-state index in [1.807, 2.05) is 68.1 Å². The summed E-state index contributed by atoms with van der Waals surface area (Å²) in [7, 11) is 2.18. The highest BCUT2D eigenvalue weighted by Gasteiger charge is 2.31. The molecule has 2 aromatic rings. The van der Waals surface area contributed by atoms with E-state index in [9.17, 15) is 9.59 Å². The number of benzene rings is 2. The maximum absolute atomic E-state index is 13.4. The maximum atomic E-state index is 13.4. The topological polar surface area (TPSA) is 56.3 Å². The zero-order valence-electron chi connectivity index (χ0n) is 21.0. The molecule has 0 aromatic heterocycles. The molecule has 184 valence electrons. The van der Waals surface area contributed by atoms with Gasteiger partial charge in [-0.05, 0) is 65.2 Å². The van der Waals surface area contributed by atoms with Crippen LogP contribution in [0.3, 0.4) is 0 Å². The van der Waals surface area contributed by atoms with Crippen molar-refractivity contribution in [2.45, 2.75) is 45.3 Å². The molecule has 4 rings (SSSR count). The molecule has 2 aliphatic heterocycles. The number of piperazine rings is 1. The first kappa shape index (κ1) is 24.5. The summed E-state index contributed by atoms with van der Waals surface area (Å²) in [5.74, 6) is -0.0400. The maximum Gasteiger partial charge on any atom is 0.415 e. The number of hydrogen-bond acceptors (Lipinski definition) is 5. The summed E-state index contributed by atoms with van der Waals surface area (Å²) in [5.41, 5.74) is 0.0495. The Morgan fingerprint density at radius 1 is 0.941 bits per heavy atom. The number of amides is 2.